The fourth-order valence-electron chi connectivity index (χ4n) is 1.15. The minimum atomic E-state index is -0.492. The highest BCUT2D eigenvalue weighted by Gasteiger charge is 2.19. The predicted octanol–water partition coefficient (Wildman–Crippen LogP) is 0.0998. The maximum atomic E-state index is 7.74. The third-order valence-electron chi connectivity index (χ3n) is 1.80. The first-order valence-corrected chi connectivity index (χ1v) is 4.37. The van der Waals surface area contributed by atoms with E-state index in [2.05, 4.69) is 4.99 Å². The van der Waals surface area contributed by atoms with Gasteiger partial charge in [0, 0.05) is 0 Å². The largest absolute Gasteiger partial charge is 0.486 e. The number of benzene rings is 1. The number of guanidine groups is 1. The molecule has 0 saturated carbocycles. The summed E-state index contributed by atoms with van der Waals surface area (Å²) < 4.78 is 41.3. The van der Waals surface area contributed by atoms with Crippen molar-refractivity contribution in [1.82, 2.24) is 0 Å². The SMILES string of the molecule is [2H]c1c([2H])c([2H])c2c(c1[2H])OCC(CN=C(N)N)O2. The van der Waals surface area contributed by atoms with E-state index in [1.165, 1.54) is 0 Å². The van der Waals surface area contributed by atoms with Crippen LogP contribution >= 0.6 is 0 Å². The standard InChI is InChI=1S/C10H13N3O2/c11-10(12)13-5-7-6-14-8-3-1-2-4-9(8)15-7/h1-4,7H,5-6H2,(H4,11,12,13)/i1D,2D,3D,4D. The Labute approximate surface area is 93.3 Å². The Balaban J connectivity index is 2.33. The van der Waals surface area contributed by atoms with Gasteiger partial charge in [0.15, 0.2) is 23.6 Å². The lowest BCUT2D eigenvalue weighted by Gasteiger charge is -2.25. The maximum absolute atomic E-state index is 7.74. The molecule has 1 aliphatic heterocycles. The third-order valence-corrected chi connectivity index (χ3v) is 1.80. The van der Waals surface area contributed by atoms with Gasteiger partial charge in [0.05, 0.1) is 12.0 Å². The van der Waals surface area contributed by atoms with Crippen LogP contribution in [0.1, 0.15) is 5.48 Å². The number of hydrogen-bond donors (Lipinski definition) is 2. The predicted molar refractivity (Wildman–Crippen MR) is 57.0 cm³/mol. The number of nitrogens with two attached hydrogens (primary N) is 2. The first-order chi connectivity index (χ1) is 8.91. The molecule has 1 aromatic carbocycles. The molecule has 0 saturated heterocycles. The van der Waals surface area contributed by atoms with E-state index in [0.717, 1.165) is 0 Å². The zero-order valence-electron chi connectivity index (χ0n) is 11.9. The summed E-state index contributed by atoms with van der Waals surface area (Å²) in [5, 5.41) is 0. The second-order valence-electron chi connectivity index (χ2n) is 2.97. The minimum Gasteiger partial charge on any atom is -0.486 e. The maximum Gasteiger partial charge on any atom is 0.186 e. The first-order valence-electron chi connectivity index (χ1n) is 6.37. The molecular weight excluding hydrogens is 194 g/mol. The van der Waals surface area contributed by atoms with Gasteiger partial charge in [-0.05, 0) is 12.1 Å². The zero-order chi connectivity index (χ0) is 14.2. The Kier molecular flexibility index (Phi) is 1.59. The summed E-state index contributed by atoms with van der Waals surface area (Å²) in [7, 11) is 0. The Morgan fingerprint density at radius 2 is 2.20 bits per heavy atom. The van der Waals surface area contributed by atoms with Crippen molar-refractivity contribution in [2.45, 2.75) is 6.10 Å². The van der Waals surface area contributed by atoms with Crippen LogP contribution in [0, 0.1) is 0 Å². The van der Waals surface area contributed by atoms with Crippen LogP contribution in [0.3, 0.4) is 0 Å². The summed E-state index contributed by atoms with van der Waals surface area (Å²) in [5.74, 6) is -0.0654. The van der Waals surface area contributed by atoms with E-state index in [4.69, 9.17) is 26.4 Å². The normalized spacial score (nSPS) is 22.0. The van der Waals surface area contributed by atoms with Crippen molar-refractivity contribution in [1.29, 1.82) is 0 Å². The van der Waals surface area contributed by atoms with Gasteiger partial charge in [-0.15, -0.1) is 0 Å². The smallest absolute Gasteiger partial charge is 0.186 e. The summed E-state index contributed by atoms with van der Waals surface area (Å²) in [6.07, 6.45) is -0.492. The minimum absolute atomic E-state index is 0.00644. The van der Waals surface area contributed by atoms with Crippen LogP contribution in [0.15, 0.2) is 29.2 Å². The van der Waals surface area contributed by atoms with Crippen LogP contribution < -0.4 is 20.9 Å². The fraction of sp³-hybridized carbons (Fsp3) is 0.300. The van der Waals surface area contributed by atoms with Gasteiger partial charge in [-0.3, -0.25) is 0 Å². The van der Waals surface area contributed by atoms with Gasteiger partial charge >= 0.3 is 0 Å². The molecule has 2 rings (SSSR count). The van der Waals surface area contributed by atoms with Crippen molar-refractivity contribution in [2.75, 3.05) is 13.2 Å². The number of fused-ring (bicyclic) bond motifs is 1. The average Bonchev–Trinajstić information content (AvgIpc) is 2.40. The van der Waals surface area contributed by atoms with Crippen molar-refractivity contribution in [3.8, 4) is 11.5 Å². The molecule has 0 aromatic heterocycles. The molecule has 1 aliphatic rings. The molecule has 15 heavy (non-hydrogen) atoms. The molecule has 0 aliphatic carbocycles. The highest BCUT2D eigenvalue weighted by Crippen LogP contribution is 2.30. The van der Waals surface area contributed by atoms with E-state index in [9.17, 15) is 0 Å². The Bertz CT molecular complexity index is 546. The van der Waals surface area contributed by atoms with Crippen molar-refractivity contribution in [3.05, 3.63) is 24.2 Å². The highest BCUT2D eigenvalue weighted by molar-refractivity contribution is 5.75. The Hall–Kier alpha value is -1.91. The van der Waals surface area contributed by atoms with Crippen LogP contribution in [0.4, 0.5) is 0 Å². The summed E-state index contributed by atoms with van der Waals surface area (Å²) in [5.41, 5.74) is 10.4. The molecule has 1 heterocycles. The van der Waals surface area contributed by atoms with E-state index in [1.54, 1.807) is 0 Å². The Morgan fingerprint density at radius 3 is 2.93 bits per heavy atom. The fourth-order valence-corrected chi connectivity index (χ4v) is 1.15. The average molecular weight is 211 g/mol. The van der Waals surface area contributed by atoms with Crippen LogP contribution in [0.5, 0.6) is 11.5 Å². The van der Waals surface area contributed by atoms with Crippen LogP contribution in [0.25, 0.3) is 0 Å². The second kappa shape index (κ2) is 4.08. The van der Waals surface area contributed by atoms with Gasteiger partial charge < -0.3 is 20.9 Å². The van der Waals surface area contributed by atoms with Gasteiger partial charge in [0.1, 0.15) is 6.61 Å². The number of rotatable bonds is 2. The lowest BCUT2D eigenvalue weighted by atomic mass is 10.2. The van der Waals surface area contributed by atoms with Gasteiger partial charge in [-0.25, -0.2) is 4.99 Å². The molecule has 1 unspecified atom stereocenters. The molecule has 1 aromatic rings. The molecule has 0 amide bonds. The molecule has 0 bridgehead atoms. The summed E-state index contributed by atoms with van der Waals surface area (Å²) in [6, 6.07) is -1.24. The molecule has 80 valence electrons. The number of para-hydroxylation sites is 2. The van der Waals surface area contributed by atoms with Gasteiger partial charge in [0.25, 0.3) is 0 Å². The zero-order valence-corrected chi connectivity index (χ0v) is 7.91. The monoisotopic (exact) mass is 211 g/mol. The summed E-state index contributed by atoms with van der Waals surface area (Å²) in [4.78, 5) is 3.79. The third kappa shape index (κ3) is 2.31. The highest BCUT2D eigenvalue weighted by atomic mass is 16.6. The van der Waals surface area contributed by atoms with Gasteiger partial charge in [0.2, 0.25) is 0 Å². The number of nitrogens with zero attached hydrogens (tertiary/aromatic N) is 1. The first kappa shape index (κ1) is 5.85. The van der Waals surface area contributed by atoms with E-state index in [1.807, 2.05) is 0 Å². The van der Waals surface area contributed by atoms with E-state index < -0.39 is 6.10 Å². The Morgan fingerprint density at radius 1 is 1.47 bits per heavy atom. The second-order valence-corrected chi connectivity index (χ2v) is 2.97. The van der Waals surface area contributed by atoms with E-state index in [-0.39, 0.29) is 54.8 Å². The summed E-state index contributed by atoms with van der Waals surface area (Å²) in [6.45, 7) is 0.274. The molecule has 1 atom stereocenters. The van der Waals surface area contributed by atoms with Crippen molar-refractivity contribution in [2.24, 2.45) is 16.5 Å². The molecule has 0 radical (unpaired) electrons. The molecule has 0 fully saturated rings. The lowest BCUT2D eigenvalue weighted by molar-refractivity contribution is 0.0972. The molecule has 4 N–H and O–H groups in total. The van der Waals surface area contributed by atoms with Crippen molar-refractivity contribution >= 4 is 5.96 Å². The topological polar surface area (TPSA) is 82.9 Å². The van der Waals surface area contributed by atoms with Crippen LogP contribution in [-0.2, 0) is 0 Å². The molecule has 5 nitrogen and oxygen atoms in total. The van der Waals surface area contributed by atoms with Gasteiger partial charge in [-0.2, -0.15) is 0 Å². The lowest BCUT2D eigenvalue weighted by Crippen LogP contribution is -2.33. The number of hydrogen-bond acceptors (Lipinski definition) is 3. The van der Waals surface area contributed by atoms with Crippen molar-refractivity contribution < 1.29 is 15.0 Å². The number of ether oxygens (including phenoxy) is 2. The molecule has 5 heteroatoms. The number of aliphatic imine (C=N–C) groups is 1. The van der Waals surface area contributed by atoms with Crippen molar-refractivity contribution in [3.63, 3.8) is 0 Å². The van der Waals surface area contributed by atoms with Gasteiger partial charge in [-0.1, -0.05) is 12.1 Å². The molecular formula is C10H13N3O2. The summed E-state index contributed by atoms with van der Waals surface area (Å²) >= 11 is 0. The quantitative estimate of drug-likeness (QED) is 0.537. The van der Waals surface area contributed by atoms with Crippen LogP contribution in [-0.4, -0.2) is 25.2 Å². The van der Waals surface area contributed by atoms with Crippen LogP contribution in [0.2, 0.25) is 0 Å². The molecule has 0 spiro atoms. The van der Waals surface area contributed by atoms with E-state index >= 15 is 0 Å². The van der Waals surface area contributed by atoms with E-state index in [0.29, 0.717) is 0 Å².